The van der Waals surface area contributed by atoms with Crippen molar-refractivity contribution >= 4 is 33.5 Å². The zero-order chi connectivity index (χ0) is 14.9. The van der Waals surface area contributed by atoms with Gasteiger partial charge in [0.25, 0.3) is 0 Å². The van der Waals surface area contributed by atoms with Gasteiger partial charge in [0.05, 0.1) is 0 Å². The Morgan fingerprint density at radius 2 is 2.10 bits per heavy atom. The fourth-order valence-electron chi connectivity index (χ4n) is 2.20. The maximum absolute atomic E-state index is 11.3. The molecule has 0 aliphatic carbocycles. The third-order valence-electron chi connectivity index (χ3n) is 3.17. The van der Waals surface area contributed by atoms with Crippen LogP contribution in [0.25, 0.3) is 11.3 Å². The highest BCUT2D eigenvalue weighted by Gasteiger charge is 2.17. The Morgan fingerprint density at radius 3 is 2.70 bits per heavy atom. The maximum atomic E-state index is 11.3. The minimum Gasteiger partial charge on any atom is -0.477 e. The van der Waals surface area contributed by atoms with Crippen molar-refractivity contribution in [2.45, 2.75) is 26.8 Å². The number of benzene rings is 1. The van der Waals surface area contributed by atoms with Crippen LogP contribution < -0.4 is 0 Å². The number of hydrogen-bond donors (Lipinski definition) is 1. The minimum atomic E-state index is -0.918. The third kappa shape index (κ3) is 2.76. The number of nitrogens with zero attached hydrogens (tertiary/aromatic N) is 1. The predicted molar refractivity (Wildman–Crippen MR) is 84.6 cm³/mol. The molecule has 0 saturated heterocycles. The largest absolute Gasteiger partial charge is 0.477 e. The topological polar surface area (TPSA) is 42.2 Å². The molecule has 106 valence electrons. The summed E-state index contributed by atoms with van der Waals surface area (Å²) in [5.74, 6) is -0.918. The van der Waals surface area contributed by atoms with Crippen molar-refractivity contribution < 1.29 is 9.90 Å². The molecule has 5 heteroatoms. The van der Waals surface area contributed by atoms with Gasteiger partial charge in [-0.15, -0.1) is 0 Å². The monoisotopic (exact) mass is 355 g/mol. The highest BCUT2D eigenvalue weighted by Crippen LogP contribution is 2.34. The second-order valence-corrected chi connectivity index (χ2v) is 5.90. The first-order valence-electron chi connectivity index (χ1n) is 6.34. The molecule has 0 saturated carbocycles. The van der Waals surface area contributed by atoms with Crippen molar-refractivity contribution in [3.63, 3.8) is 0 Å². The molecule has 0 fully saturated rings. The van der Waals surface area contributed by atoms with Crippen LogP contribution in [-0.4, -0.2) is 15.6 Å². The first kappa shape index (κ1) is 15.1. The Hall–Kier alpha value is -1.26. The van der Waals surface area contributed by atoms with Gasteiger partial charge in [0.15, 0.2) is 0 Å². The summed E-state index contributed by atoms with van der Waals surface area (Å²) in [5, 5.41) is 9.93. The molecule has 1 aromatic heterocycles. The van der Waals surface area contributed by atoms with E-state index in [4.69, 9.17) is 11.6 Å². The summed E-state index contributed by atoms with van der Waals surface area (Å²) in [6.45, 7) is 4.61. The van der Waals surface area contributed by atoms with Crippen LogP contribution in [0.15, 0.2) is 28.7 Å². The van der Waals surface area contributed by atoms with Gasteiger partial charge in [-0.05, 0) is 43.2 Å². The average Bonchev–Trinajstić information content (AvgIpc) is 2.78. The van der Waals surface area contributed by atoms with Gasteiger partial charge in [0.2, 0.25) is 0 Å². The van der Waals surface area contributed by atoms with Crippen molar-refractivity contribution in [1.29, 1.82) is 0 Å². The smallest absolute Gasteiger partial charge is 0.352 e. The Labute approximate surface area is 131 Å². The van der Waals surface area contributed by atoms with E-state index < -0.39 is 5.97 Å². The molecule has 0 aliphatic heterocycles. The molecule has 20 heavy (non-hydrogen) atoms. The van der Waals surface area contributed by atoms with Crippen LogP contribution >= 0.6 is 27.5 Å². The molecule has 2 aromatic rings. The molecule has 0 amide bonds. The van der Waals surface area contributed by atoms with Gasteiger partial charge in [-0.25, -0.2) is 4.79 Å². The fourth-order valence-corrected chi connectivity index (χ4v) is 3.02. The highest BCUT2D eigenvalue weighted by atomic mass is 79.9. The molecule has 0 radical (unpaired) electrons. The number of rotatable bonds is 4. The summed E-state index contributed by atoms with van der Waals surface area (Å²) >= 11 is 9.72. The number of carboxylic acids is 1. The lowest BCUT2D eigenvalue weighted by atomic mass is 10.1. The second-order valence-electron chi connectivity index (χ2n) is 4.64. The van der Waals surface area contributed by atoms with Crippen LogP contribution in [0.1, 0.15) is 29.4 Å². The van der Waals surface area contributed by atoms with Crippen LogP contribution in [0.2, 0.25) is 5.02 Å². The van der Waals surface area contributed by atoms with Crippen LogP contribution in [0.5, 0.6) is 0 Å². The summed E-state index contributed by atoms with van der Waals surface area (Å²) in [6.07, 6.45) is 0.860. The molecule has 0 aliphatic rings. The van der Waals surface area contributed by atoms with Crippen molar-refractivity contribution in [2.75, 3.05) is 0 Å². The Morgan fingerprint density at radius 1 is 1.40 bits per heavy atom. The molecule has 0 unspecified atom stereocenters. The van der Waals surface area contributed by atoms with Gasteiger partial charge in [0, 0.05) is 27.3 Å². The molecule has 0 bridgehead atoms. The second kappa shape index (κ2) is 6.02. The molecule has 1 N–H and O–H groups in total. The molecule has 0 atom stereocenters. The van der Waals surface area contributed by atoms with E-state index >= 15 is 0 Å². The SMILES string of the molecule is CCCn1c(C(=O)O)ccc1-c1cc(Cl)c(C)cc1Br. The number of carbonyl (C=O) groups is 1. The van der Waals surface area contributed by atoms with Crippen molar-refractivity contribution in [2.24, 2.45) is 0 Å². The number of aromatic nitrogens is 1. The van der Waals surface area contributed by atoms with E-state index in [9.17, 15) is 9.90 Å². The molecule has 3 nitrogen and oxygen atoms in total. The van der Waals surface area contributed by atoms with Gasteiger partial charge in [0.1, 0.15) is 5.69 Å². The molecular weight excluding hydrogens is 342 g/mol. The Balaban J connectivity index is 2.63. The highest BCUT2D eigenvalue weighted by molar-refractivity contribution is 9.10. The standard InChI is InChI=1S/C15H15BrClNO2/c1-3-6-18-13(4-5-14(18)15(19)20)10-8-12(17)9(2)7-11(10)16/h4-5,7-8H,3,6H2,1-2H3,(H,19,20). The number of carboxylic acid groups (broad SMARTS) is 1. The summed E-state index contributed by atoms with van der Waals surface area (Å²) < 4.78 is 2.72. The summed E-state index contributed by atoms with van der Waals surface area (Å²) in [5.41, 5.74) is 3.04. The number of aryl methyl sites for hydroxylation is 1. The maximum Gasteiger partial charge on any atom is 0.352 e. The zero-order valence-corrected chi connectivity index (χ0v) is 13.6. The lowest BCUT2D eigenvalue weighted by molar-refractivity contribution is 0.0685. The van der Waals surface area contributed by atoms with Gasteiger partial charge in [-0.2, -0.15) is 0 Å². The van der Waals surface area contributed by atoms with E-state index in [-0.39, 0.29) is 0 Å². The van der Waals surface area contributed by atoms with Crippen molar-refractivity contribution in [1.82, 2.24) is 4.57 Å². The number of halogens is 2. The Kier molecular flexibility index (Phi) is 4.55. The van der Waals surface area contributed by atoms with E-state index in [1.165, 1.54) is 0 Å². The Bertz CT molecular complexity index is 664. The number of aromatic carboxylic acids is 1. The molecule has 1 aromatic carbocycles. The quantitative estimate of drug-likeness (QED) is 0.838. The van der Waals surface area contributed by atoms with E-state index in [1.807, 2.05) is 36.6 Å². The van der Waals surface area contributed by atoms with Gasteiger partial charge < -0.3 is 9.67 Å². The lowest BCUT2D eigenvalue weighted by Crippen LogP contribution is -2.09. The van der Waals surface area contributed by atoms with Crippen LogP contribution in [0, 0.1) is 6.92 Å². The van der Waals surface area contributed by atoms with Crippen LogP contribution in [0.4, 0.5) is 0 Å². The average molecular weight is 357 g/mol. The summed E-state index contributed by atoms with van der Waals surface area (Å²) in [7, 11) is 0. The van der Waals surface area contributed by atoms with Crippen molar-refractivity contribution in [3.8, 4) is 11.3 Å². The van der Waals surface area contributed by atoms with Crippen LogP contribution in [0.3, 0.4) is 0 Å². The molecular formula is C15H15BrClNO2. The van der Waals surface area contributed by atoms with Crippen LogP contribution in [-0.2, 0) is 6.54 Å². The van der Waals surface area contributed by atoms with E-state index in [0.29, 0.717) is 17.3 Å². The summed E-state index contributed by atoms with van der Waals surface area (Å²) in [4.78, 5) is 11.3. The zero-order valence-electron chi connectivity index (χ0n) is 11.3. The van der Waals surface area contributed by atoms with E-state index in [1.54, 1.807) is 6.07 Å². The molecule has 2 rings (SSSR count). The number of hydrogen-bond acceptors (Lipinski definition) is 1. The van der Waals surface area contributed by atoms with Gasteiger partial charge in [-0.1, -0.05) is 34.5 Å². The van der Waals surface area contributed by atoms with E-state index in [2.05, 4.69) is 15.9 Å². The van der Waals surface area contributed by atoms with Gasteiger partial charge in [-0.3, -0.25) is 0 Å². The molecule has 0 spiro atoms. The normalized spacial score (nSPS) is 10.8. The first-order valence-corrected chi connectivity index (χ1v) is 7.51. The lowest BCUT2D eigenvalue weighted by Gasteiger charge is -2.13. The summed E-state index contributed by atoms with van der Waals surface area (Å²) in [6, 6.07) is 7.27. The fraction of sp³-hybridized carbons (Fsp3) is 0.267. The van der Waals surface area contributed by atoms with E-state index in [0.717, 1.165) is 27.7 Å². The predicted octanol–water partition coefficient (Wildman–Crippen LogP) is 4.99. The third-order valence-corrected chi connectivity index (χ3v) is 4.23. The molecule has 1 heterocycles. The first-order chi connectivity index (χ1) is 9.45. The van der Waals surface area contributed by atoms with Gasteiger partial charge >= 0.3 is 5.97 Å². The minimum absolute atomic E-state index is 0.297. The van der Waals surface area contributed by atoms with Crippen molar-refractivity contribution in [3.05, 3.63) is 45.0 Å².